The van der Waals surface area contributed by atoms with E-state index in [0.717, 1.165) is 45.7 Å². The molecule has 2 saturated heterocycles. The summed E-state index contributed by atoms with van der Waals surface area (Å²) in [5, 5.41) is 3.34. The lowest BCUT2D eigenvalue weighted by atomic mass is 10.2. The third-order valence-electron chi connectivity index (χ3n) is 4.23. The van der Waals surface area contributed by atoms with E-state index >= 15 is 0 Å². The van der Waals surface area contributed by atoms with Crippen LogP contribution >= 0.6 is 28.3 Å². The number of amides is 1. The maximum Gasteiger partial charge on any atom is 0.254 e. The fraction of sp³-hybridized carbons (Fsp3) is 0.533. The van der Waals surface area contributed by atoms with Gasteiger partial charge in [0.05, 0.1) is 0 Å². The number of likely N-dealkylation sites (tertiary alicyclic amines) is 1. The van der Waals surface area contributed by atoms with Crippen molar-refractivity contribution in [3.05, 3.63) is 34.1 Å². The Bertz CT molecular complexity index is 519. The third-order valence-corrected chi connectivity index (χ3v) is 4.69. The molecular formula is C15H20BrClFN3O. The van der Waals surface area contributed by atoms with E-state index in [0.29, 0.717) is 16.1 Å². The fourth-order valence-electron chi connectivity index (χ4n) is 3.13. The zero-order chi connectivity index (χ0) is 14.8. The number of rotatable bonds is 2. The predicted molar refractivity (Wildman–Crippen MR) is 90.1 cm³/mol. The van der Waals surface area contributed by atoms with Gasteiger partial charge in [0.1, 0.15) is 5.82 Å². The van der Waals surface area contributed by atoms with Crippen LogP contribution in [0.3, 0.4) is 0 Å². The van der Waals surface area contributed by atoms with Crippen LogP contribution in [0.5, 0.6) is 0 Å². The predicted octanol–water partition coefficient (Wildman–Crippen LogP) is 2.13. The minimum absolute atomic E-state index is 0. The molecule has 2 heterocycles. The number of halogens is 3. The molecule has 0 radical (unpaired) electrons. The van der Waals surface area contributed by atoms with E-state index in [1.165, 1.54) is 12.1 Å². The average molecular weight is 393 g/mol. The molecule has 0 spiro atoms. The molecule has 1 aromatic carbocycles. The highest BCUT2D eigenvalue weighted by atomic mass is 79.9. The van der Waals surface area contributed by atoms with Gasteiger partial charge in [-0.15, -0.1) is 12.4 Å². The second kappa shape index (κ2) is 7.73. The fourth-order valence-corrected chi connectivity index (χ4v) is 3.60. The second-order valence-electron chi connectivity index (χ2n) is 5.64. The highest BCUT2D eigenvalue weighted by Gasteiger charge is 2.31. The van der Waals surface area contributed by atoms with Crippen molar-refractivity contribution in [1.82, 2.24) is 15.1 Å². The average Bonchev–Trinajstić information content (AvgIpc) is 2.96. The van der Waals surface area contributed by atoms with Gasteiger partial charge in [-0.3, -0.25) is 9.69 Å². The van der Waals surface area contributed by atoms with Crippen LogP contribution in [-0.2, 0) is 0 Å². The lowest BCUT2D eigenvalue weighted by Gasteiger charge is -2.32. The van der Waals surface area contributed by atoms with Gasteiger partial charge in [-0.2, -0.15) is 0 Å². The topological polar surface area (TPSA) is 35.6 Å². The highest BCUT2D eigenvalue weighted by molar-refractivity contribution is 9.10. The second-order valence-corrected chi connectivity index (χ2v) is 6.55. The SMILES string of the molecule is Cl.O=C(c1cc(F)cc(Br)c1)N1CCC(N2CCNCC2)C1. The van der Waals surface area contributed by atoms with E-state index in [1.807, 2.05) is 4.90 Å². The minimum atomic E-state index is -0.384. The Labute approximate surface area is 144 Å². The van der Waals surface area contributed by atoms with Crippen LogP contribution in [0, 0.1) is 5.82 Å². The normalized spacial score (nSPS) is 22.5. The van der Waals surface area contributed by atoms with Crippen molar-refractivity contribution < 1.29 is 9.18 Å². The van der Waals surface area contributed by atoms with Gasteiger partial charge < -0.3 is 10.2 Å². The molecule has 0 bridgehead atoms. The quantitative estimate of drug-likeness (QED) is 0.837. The Morgan fingerprint density at radius 2 is 1.95 bits per heavy atom. The van der Waals surface area contributed by atoms with Gasteiger partial charge in [0.25, 0.3) is 5.91 Å². The monoisotopic (exact) mass is 391 g/mol. The van der Waals surface area contributed by atoms with E-state index in [4.69, 9.17) is 0 Å². The van der Waals surface area contributed by atoms with Crippen molar-refractivity contribution in [3.8, 4) is 0 Å². The number of nitrogens with one attached hydrogen (secondary N) is 1. The Morgan fingerprint density at radius 3 is 2.64 bits per heavy atom. The summed E-state index contributed by atoms with van der Waals surface area (Å²) in [5.74, 6) is -0.460. The summed E-state index contributed by atoms with van der Waals surface area (Å²) in [4.78, 5) is 16.8. The first-order valence-electron chi connectivity index (χ1n) is 7.33. The van der Waals surface area contributed by atoms with Crippen LogP contribution in [0.1, 0.15) is 16.8 Å². The minimum Gasteiger partial charge on any atom is -0.337 e. The van der Waals surface area contributed by atoms with Crippen LogP contribution < -0.4 is 5.32 Å². The molecule has 0 saturated carbocycles. The Morgan fingerprint density at radius 1 is 1.23 bits per heavy atom. The van der Waals surface area contributed by atoms with E-state index < -0.39 is 0 Å². The highest BCUT2D eigenvalue weighted by Crippen LogP contribution is 2.21. The number of hydrogen-bond donors (Lipinski definition) is 1. The zero-order valence-electron chi connectivity index (χ0n) is 12.2. The Balaban J connectivity index is 0.00000176. The number of piperazine rings is 1. The van der Waals surface area contributed by atoms with Crippen LogP contribution in [-0.4, -0.2) is 61.0 Å². The molecule has 2 aliphatic heterocycles. The van der Waals surface area contributed by atoms with Crippen LogP contribution in [0.4, 0.5) is 4.39 Å². The summed E-state index contributed by atoms with van der Waals surface area (Å²) in [7, 11) is 0. The first-order chi connectivity index (χ1) is 10.1. The van der Waals surface area contributed by atoms with Crippen molar-refractivity contribution in [3.63, 3.8) is 0 Å². The molecule has 22 heavy (non-hydrogen) atoms. The summed E-state index contributed by atoms with van der Waals surface area (Å²) >= 11 is 3.24. The van der Waals surface area contributed by atoms with Crippen LogP contribution in [0.15, 0.2) is 22.7 Å². The molecule has 2 aliphatic rings. The molecule has 7 heteroatoms. The largest absolute Gasteiger partial charge is 0.337 e. The smallest absolute Gasteiger partial charge is 0.254 e. The molecule has 122 valence electrons. The maximum absolute atomic E-state index is 13.4. The summed E-state index contributed by atoms with van der Waals surface area (Å²) in [6.45, 7) is 5.60. The molecule has 1 unspecified atom stereocenters. The van der Waals surface area contributed by atoms with Gasteiger partial charge in [-0.1, -0.05) is 15.9 Å². The Hall–Kier alpha value is -0.690. The van der Waals surface area contributed by atoms with Crippen molar-refractivity contribution in [1.29, 1.82) is 0 Å². The first kappa shape index (κ1) is 17.7. The number of benzene rings is 1. The maximum atomic E-state index is 13.4. The van der Waals surface area contributed by atoms with Gasteiger partial charge in [0, 0.05) is 55.3 Å². The van der Waals surface area contributed by atoms with Gasteiger partial charge in [0.15, 0.2) is 0 Å². The number of hydrogen-bond acceptors (Lipinski definition) is 3. The molecule has 2 fully saturated rings. The molecule has 4 nitrogen and oxygen atoms in total. The molecule has 1 N–H and O–H groups in total. The van der Waals surface area contributed by atoms with E-state index in [9.17, 15) is 9.18 Å². The summed E-state index contributed by atoms with van der Waals surface area (Å²) < 4.78 is 14.0. The van der Waals surface area contributed by atoms with E-state index in [-0.39, 0.29) is 24.1 Å². The van der Waals surface area contributed by atoms with Gasteiger partial charge in [-0.25, -0.2) is 4.39 Å². The van der Waals surface area contributed by atoms with Crippen molar-refractivity contribution in [2.45, 2.75) is 12.5 Å². The molecular weight excluding hydrogens is 373 g/mol. The summed E-state index contributed by atoms with van der Waals surface area (Å²) in [5.41, 5.74) is 0.419. The molecule has 0 aliphatic carbocycles. The third kappa shape index (κ3) is 3.98. The van der Waals surface area contributed by atoms with E-state index in [1.54, 1.807) is 6.07 Å². The summed E-state index contributed by atoms with van der Waals surface area (Å²) in [6, 6.07) is 4.80. The van der Waals surface area contributed by atoms with Crippen LogP contribution in [0.25, 0.3) is 0 Å². The molecule has 1 atom stereocenters. The molecule has 3 rings (SSSR count). The standard InChI is InChI=1S/C15H19BrFN3O.ClH/c16-12-7-11(8-13(17)9-12)15(21)20-4-1-14(10-20)19-5-2-18-3-6-19;/h7-9,14,18H,1-6,10H2;1H. The zero-order valence-corrected chi connectivity index (χ0v) is 14.6. The number of carbonyl (C=O) groups excluding carboxylic acids is 1. The van der Waals surface area contributed by atoms with Gasteiger partial charge >= 0.3 is 0 Å². The van der Waals surface area contributed by atoms with Gasteiger partial charge in [0.2, 0.25) is 0 Å². The Kier molecular flexibility index (Phi) is 6.20. The lowest BCUT2D eigenvalue weighted by Crippen LogP contribution is -2.49. The van der Waals surface area contributed by atoms with Crippen molar-refractivity contribution >= 4 is 34.2 Å². The summed E-state index contributed by atoms with van der Waals surface area (Å²) in [6.07, 6.45) is 1.00. The van der Waals surface area contributed by atoms with E-state index in [2.05, 4.69) is 26.1 Å². The van der Waals surface area contributed by atoms with Crippen LogP contribution in [0.2, 0.25) is 0 Å². The molecule has 0 aromatic heterocycles. The van der Waals surface area contributed by atoms with Crippen molar-refractivity contribution in [2.75, 3.05) is 39.3 Å². The first-order valence-corrected chi connectivity index (χ1v) is 8.13. The van der Waals surface area contributed by atoms with Crippen molar-refractivity contribution in [2.24, 2.45) is 0 Å². The molecule has 1 aromatic rings. The number of carbonyl (C=O) groups is 1. The number of nitrogens with zero attached hydrogens (tertiary/aromatic N) is 2. The lowest BCUT2D eigenvalue weighted by molar-refractivity contribution is 0.0773. The van der Waals surface area contributed by atoms with Gasteiger partial charge in [-0.05, 0) is 24.6 Å². The molecule has 1 amide bonds.